The van der Waals surface area contributed by atoms with Crippen LogP contribution in [0.15, 0.2) is 94.8 Å². The number of rotatable bonds is 3. The SMILES string of the molecule is Brc1ccc(-c2scc(-c3ccccc3)c2-c2ccccc2)cc1. The maximum absolute atomic E-state index is 3.53. The lowest BCUT2D eigenvalue weighted by Gasteiger charge is -2.09. The third-order valence-corrected chi connectivity index (χ3v) is 5.60. The van der Waals surface area contributed by atoms with Gasteiger partial charge in [-0.15, -0.1) is 11.3 Å². The highest BCUT2D eigenvalue weighted by Crippen LogP contribution is 2.44. The molecule has 24 heavy (non-hydrogen) atoms. The molecule has 2 heteroatoms. The molecule has 0 saturated heterocycles. The fourth-order valence-corrected chi connectivity index (χ4v) is 4.26. The zero-order valence-corrected chi connectivity index (χ0v) is 15.3. The molecule has 1 heterocycles. The van der Waals surface area contributed by atoms with E-state index in [1.807, 2.05) is 11.3 Å². The molecule has 0 fully saturated rings. The topological polar surface area (TPSA) is 0 Å². The zero-order chi connectivity index (χ0) is 16.4. The Morgan fingerprint density at radius 1 is 0.583 bits per heavy atom. The number of hydrogen-bond acceptors (Lipinski definition) is 1. The largest absolute Gasteiger partial charge is 0.142 e. The van der Waals surface area contributed by atoms with Crippen molar-refractivity contribution in [3.8, 4) is 32.7 Å². The van der Waals surface area contributed by atoms with Crippen LogP contribution in [0.25, 0.3) is 32.7 Å². The summed E-state index contributed by atoms with van der Waals surface area (Å²) in [6.07, 6.45) is 0. The maximum Gasteiger partial charge on any atom is 0.0427 e. The molecule has 0 saturated carbocycles. The van der Waals surface area contributed by atoms with Gasteiger partial charge in [-0.3, -0.25) is 0 Å². The average Bonchev–Trinajstić information content (AvgIpc) is 3.09. The molecule has 0 spiro atoms. The molecule has 4 rings (SSSR count). The van der Waals surface area contributed by atoms with Gasteiger partial charge < -0.3 is 0 Å². The fraction of sp³-hybridized carbons (Fsp3) is 0. The van der Waals surface area contributed by atoms with Gasteiger partial charge in [0.2, 0.25) is 0 Å². The minimum Gasteiger partial charge on any atom is -0.142 e. The highest BCUT2D eigenvalue weighted by atomic mass is 79.9. The summed E-state index contributed by atoms with van der Waals surface area (Å²) in [6.45, 7) is 0. The Morgan fingerprint density at radius 3 is 1.79 bits per heavy atom. The normalized spacial score (nSPS) is 10.7. The molecule has 4 aromatic rings. The van der Waals surface area contributed by atoms with Gasteiger partial charge in [0, 0.05) is 20.5 Å². The van der Waals surface area contributed by atoms with E-state index in [2.05, 4.69) is 106 Å². The van der Waals surface area contributed by atoms with Crippen LogP contribution in [-0.2, 0) is 0 Å². The van der Waals surface area contributed by atoms with Crippen molar-refractivity contribution in [1.29, 1.82) is 0 Å². The van der Waals surface area contributed by atoms with Crippen molar-refractivity contribution in [2.45, 2.75) is 0 Å². The third-order valence-electron chi connectivity index (χ3n) is 4.04. The van der Waals surface area contributed by atoms with Gasteiger partial charge in [-0.25, -0.2) is 0 Å². The molecular formula is C22H15BrS. The summed E-state index contributed by atoms with van der Waals surface area (Å²) in [5.41, 5.74) is 6.38. The van der Waals surface area contributed by atoms with Crippen LogP contribution in [0.1, 0.15) is 0 Å². The zero-order valence-electron chi connectivity index (χ0n) is 12.9. The van der Waals surface area contributed by atoms with Gasteiger partial charge in [0.1, 0.15) is 0 Å². The summed E-state index contributed by atoms with van der Waals surface area (Å²) < 4.78 is 1.10. The van der Waals surface area contributed by atoms with E-state index in [-0.39, 0.29) is 0 Å². The van der Waals surface area contributed by atoms with E-state index < -0.39 is 0 Å². The third kappa shape index (κ3) is 2.95. The summed E-state index contributed by atoms with van der Waals surface area (Å²) in [7, 11) is 0. The first-order chi connectivity index (χ1) is 11.8. The van der Waals surface area contributed by atoms with Crippen molar-refractivity contribution < 1.29 is 0 Å². The van der Waals surface area contributed by atoms with E-state index >= 15 is 0 Å². The van der Waals surface area contributed by atoms with Crippen molar-refractivity contribution in [2.75, 3.05) is 0 Å². The van der Waals surface area contributed by atoms with Crippen LogP contribution in [0.4, 0.5) is 0 Å². The van der Waals surface area contributed by atoms with Crippen molar-refractivity contribution >= 4 is 27.3 Å². The molecule has 0 aliphatic carbocycles. The predicted molar refractivity (Wildman–Crippen MR) is 108 cm³/mol. The summed E-state index contributed by atoms with van der Waals surface area (Å²) in [5, 5.41) is 2.27. The summed E-state index contributed by atoms with van der Waals surface area (Å²) >= 11 is 5.34. The molecule has 0 radical (unpaired) electrons. The Balaban J connectivity index is 1.95. The van der Waals surface area contributed by atoms with Gasteiger partial charge in [0.25, 0.3) is 0 Å². The molecule has 0 nitrogen and oxygen atoms in total. The summed E-state index contributed by atoms with van der Waals surface area (Å²) in [6, 6.07) is 29.8. The quantitative estimate of drug-likeness (QED) is 0.339. The maximum atomic E-state index is 3.53. The lowest BCUT2D eigenvalue weighted by molar-refractivity contribution is 1.61. The second kappa shape index (κ2) is 6.76. The lowest BCUT2D eigenvalue weighted by atomic mass is 9.95. The van der Waals surface area contributed by atoms with E-state index in [0.29, 0.717) is 0 Å². The van der Waals surface area contributed by atoms with E-state index in [0.717, 1.165) is 4.47 Å². The molecule has 0 amide bonds. The molecule has 0 atom stereocenters. The van der Waals surface area contributed by atoms with Gasteiger partial charge >= 0.3 is 0 Å². The van der Waals surface area contributed by atoms with Crippen LogP contribution in [-0.4, -0.2) is 0 Å². The lowest BCUT2D eigenvalue weighted by Crippen LogP contribution is -1.83. The van der Waals surface area contributed by atoms with Crippen molar-refractivity contribution in [1.82, 2.24) is 0 Å². The number of thiophene rings is 1. The molecular weight excluding hydrogens is 376 g/mol. The first-order valence-electron chi connectivity index (χ1n) is 7.81. The summed E-state index contributed by atoms with van der Waals surface area (Å²) in [4.78, 5) is 1.31. The second-order valence-electron chi connectivity index (χ2n) is 5.59. The summed E-state index contributed by atoms with van der Waals surface area (Å²) in [5.74, 6) is 0. The van der Waals surface area contributed by atoms with Gasteiger partial charge in [0.05, 0.1) is 0 Å². The van der Waals surface area contributed by atoms with Crippen molar-refractivity contribution in [3.63, 3.8) is 0 Å². The fourth-order valence-electron chi connectivity index (χ4n) is 2.89. The van der Waals surface area contributed by atoms with Crippen LogP contribution < -0.4 is 0 Å². The monoisotopic (exact) mass is 390 g/mol. The molecule has 0 unspecified atom stereocenters. The number of halogens is 1. The van der Waals surface area contributed by atoms with E-state index in [1.165, 1.54) is 32.7 Å². The number of benzene rings is 3. The van der Waals surface area contributed by atoms with Gasteiger partial charge in [0.15, 0.2) is 0 Å². The van der Waals surface area contributed by atoms with Gasteiger partial charge in [-0.2, -0.15) is 0 Å². The second-order valence-corrected chi connectivity index (χ2v) is 7.39. The average molecular weight is 391 g/mol. The molecule has 116 valence electrons. The first-order valence-corrected chi connectivity index (χ1v) is 9.48. The minimum atomic E-state index is 1.10. The molecule has 1 aromatic heterocycles. The number of hydrogen-bond donors (Lipinski definition) is 0. The smallest absolute Gasteiger partial charge is 0.0427 e. The van der Waals surface area contributed by atoms with E-state index in [1.54, 1.807) is 0 Å². The molecule has 0 bridgehead atoms. The standard InChI is InChI=1S/C22H15BrS/c23-19-13-11-18(12-14-19)22-21(17-9-5-2-6-10-17)20(15-24-22)16-7-3-1-4-8-16/h1-15H. The Morgan fingerprint density at radius 2 is 1.17 bits per heavy atom. The van der Waals surface area contributed by atoms with Gasteiger partial charge in [-0.1, -0.05) is 88.7 Å². The highest BCUT2D eigenvalue weighted by molar-refractivity contribution is 9.10. The molecule has 0 aliphatic rings. The van der Waals surface area contributed by atoms with E-state index in [4.69, 9.17) is 0 Å². The molecule has 0 N–H and O–H groups in total. The Kier molecular flexibility index (Phi) is 4.33. The Bertz CT molecular complexity index is 938. The van der Waals surface area contributed by atoms with Crippen LogP contribution in [0.3, 0.4) is 0 Å². The van der Waals surface area contributed by atoms with Gasteiger partial charge in [-0.05, 0) is 34.2 Å². The Labute approximate surface area is 154 Å². The minimum absolute atomic E-state index is 1.10. The first kappa shape index (κ1) is 15.4. The van der Waals surface area contributed by atoms with Crippen LogP contribution in [0, 0.1) is 0 Å². The predicted octanol–water partition coefficient (Wildman–Crippen LogP) is 7.51. The van der Waals surface area contributed by atoms with Crippen LogP contribution in [0.2, 0.25) is 0 Å². The highest BCUT2D eigenvalue weighted by Gasteiger charge is 2.16. The van der Waals surface area contributed by atoms with E-state index in [9.17, 15) is 0 Å². The molecule has 0 aliphatic heterocycles. The molecule has 3 aromatic carbocycles. The van der Waals surface area contributed by atoms with Crippen molar-refractivity contribution in [2.24, 2.45) is 0 Å². The van der Waals surface area contributed by atoms with Crippen LogP contribution in [0.5, 0.6) is 0 Å². The van der Waals surface area contributed by atoms with Crippen LogP contribution >= 0.6 is 27.3 Å². The van der Waals surface area contributed by atoms with Crippen molar-refractivity contribution in [3.05, 3.63) is 94.8 Å². The Hall–Kier alpha value is -2.16.